The van der Waals surface area contributed by atoms with Gasteiger partial charge in [0.25, 0.3) is 0 Å². The quantitative estimate of drug-likeness (QED) is 0.0222. The molecule has 0 saturated carbocycles. The van der Waals surface area contributed by atoms with E-state index in [0.29, 0.717) is 25.7 Å². The van der Waals surface area contributed by atoms with Gasteiger partial charge in [-0.05, 0) is 43.4 Å². The summed E-state index contributed by atoms with van der Waals surface area (Å²) in [5.74, 6) is 0.292. The van der Waals surface area contributed by atoms with Crippen LogP contribution in [0, 0.1) is 17.8 Å². The van der Waals surface area contributed by atoms with E-state index >= 15 is 0 Å². The van der Waals surface area contributed by atoms with E-state index in [-0.39, 0.29) is 25.7 Å². The van der Waals surface area contributed by atoms with Gasteiger partial charge in [0, 0.05) is 25.7 Å². The third-order valence-electron chi connectivity index (χ3n) is 18.9. The van der Waals surface area contributed by atoms with Crippen molar-refractivity contribution < 1.29 is 80.2 Å². The molecule has 0 amide bonds. The Morgan fingerprint density at radius 2 is 0.526 bits per heavy atom. The number of carbonyl (C=O) groups excluding carboxylic acids is 4. The first kappa shape index (κ1) is 95.1. The Bertz CT molecular complexity index is 1890. The Morgan fingerprint density at radius 3 is 0.784 bits per heavy atom. The smallest absolute Gasteiger partial charge is 0.462 e. The van der Waals surface area contributed by atoms with E-state index in [1.54, 1.807) is 0 Å². The molecule has 0 fully saturated rings. The summed E-state index contributed by atoms with van der Waals surface area (Å²) in [6.07, 6.45) is 55.3. The van der Waals surface area contributed by atoms with E-state index in [1.807, 2.05) is 0 Å². The summed E-state index contributed by atoms with van der Waals surface area (Å²) in [7, 11) is -9.92. The van der Waals surface area contributed by atoms with Crippen molar-refractivity contribution in [2.75, 3.05) is 39.6 Å². The van der Waals surface area contributed by atoms with Gasteiger partial charge in [0.05, 0.1) is 26.4 Å². The van der Waals surface area contributed by atoms with Crippen LogP contribution in [-0.4, -0.2) is 96.7 Å². The zero-order chi connectivity index (χ0) is 71.6. The Kier molecular flexibility index (Phi) is 67.1. The minimum Gasteiger partial charge on any atom is -0.462 e. The number of esters is 4. The van der Waals surface area contributed by atoms with Crippen LogP contribution in [0.4, 0.5) is 0 Å². The number of ether oxygens (including phenoxy) is 4. The van der Waals surface area contributed by atoms with E-state index < -0.39 is 97.5 Å². The normalized spacial score (nSPS) is 14.6. The highest BCUT2D eigenvalue weighted by Crippen LogP contribution is 2.45. The van der Waals surface area contributed by atoms with Crippen molar-refractivity contribution in [1.29, 1.82) is 0 Å². The lowest BCUT2D eigenvalue weighted by molar-refractivity contribution is -0.161. The molecule has 19 heteroatoms. The highest BCUT2D eigenvalue weighted by molar-refractivity contribution is 7.47. The predicted molar refractivity (Wildman–Crippen MR) is 395 cm³/mol. The van der Waals surface area contributed by atoms with Crippen molar-refractivity contribution in [2.24, 2.45) is 17.8 Å². The summed E-state index contributed by atoms with van der Waals surface area (Å²) in [6.45, 7) is 12.0. The Morgan fingerprint density at radius 1 is 0.299 bits per heavy atom. The molecule has 0 radical (unpaired) electrons. The van der Waals surface area contributed by atoms with E-state index in [2.05, 4.69) is 48.5 Å². The highest BCUT2D eigenvalue weighted by atomic mass is 31.2. The minimum atomic E-state index is -4.96. The largest absolute Gasteiger partial charge is 0.472 e. The molecule has 0 heterocycles. The van der Waals surface area contributed by atoms with E-state index in [9.17, 15) is 43.2 Å². The second-order valence-electron chi connectivity index (χ2n) is 29.1. The molecule has 0 aromatic carbocycles. The van der Waals surface area contributed by atoms with Crippen LogP contribution in [0.3, 0.4) is 0 Å². The SMILES string of the molecule is CCCCCCCCCCCCCC(=O)OC[C@H](COP(=O)(O)OC[C@H](O)COP(=O)(O)OC[C@@H](COC(=O)CCCCCCCCCCCCCCCC(C)C)OC(=O)CCCCCCCCCCCCCCCCC(C)CC)OC(=O)CCCCCCCCCCC(C)CC. The number of aliphatic hydroxyl groups is 1. The molecule has 0 rings (SSSR count). The van der Waals surface area contributed by atoms with Crippen molar-refractivity contribution in [3.63, 3.8) is 0 Å². The number of rotatable bonds is 76. The van der Waals surface area contributed by atoms with Crippen LogP contribution in [0.1, 0.15) is 402 Å². The first-order valence-corrected chi connectivity index (χ1v) is 43.4. The fourth-order valence-electron chi connectivity index (χ4n) is 11.9. The van der Waals surface area contributed by atoms with Gasteiger partial charge >= 0.3 is 39.5 Å². The third-order valence-corrected chi connectivity index (χ3v) is 20.8. The molecule has 4 unspecified atom stereocenters. The molecule has 17 nitrogen and oxygen atoms in total. The van der Waals surface area contributed by atoms with Gasteiger partial charge in [-0.2, -0.15) is 0 Å². The zero-order valence-electron chi connectivity index (χ0n) is 63.5. The summed E-state index contributed by atoms with van der Waals surface area (Å²) in [6, 6.07) is 0. The summed E-state index contributed by atoms with van der Waals surface area (Å²) in [4.78, 5) is 72.9. The van der Waals surface area contributed by atoms with Crippen LogP contribution in [0.5, 0.6) is 0 Å². The molecule has 97 heavy (non-hydrogen) atoms. The second-order valence-corrected chi connectivity index (χ2v) is 32.0. The number of phosphoric acid groups is 2. The molecule has 0 aromatic rings. The standard InChI is InChI=1S/C78H152O17P2/c1-8-11-12-13-14-15-23-30-38-45-52-59-75(80)88-66-74(95-78(83)62-55-48-41-34-33-37-44-51-58-71(7)10-3)68-93-97(86,87)91-64-72(79)63-90-96(84,85)92-67-73(65-89-76(81)60-53-46-39-31-26-22-18-19-24-28-35-42-49-56-69(4)5)94-77(82)61-54-47-40-32-27-21-17-16-20-25-29-36-43-50-57-70(6)9-2/h69-74,79H,8-68H2,1-7H3,(H,84,85)(H,86,87)/t70?,71?,72-,73-,74-/m1/s1. The maximum absolute atomic E-state index is 13.1. The summed E-state index contributed by atoms with van der Waals surface area (Å²) in [5, 5.41) is 10.6. The van der Waals surface area contributed by atoms with Crippen molar-refractivity contribution in [1.82, 2.24) is 0 Å². The fourth-order valence-corrected chi connectivity index (χ4v) is 13.5. The number of hydrogen-bond donors (Lipinski definition) is 3. The van der Waals surface area contributed by atoms with Crippen LogP contribution >= 0.6 is 15.6 Å². The van der Waals surface area contributed by atoms with Gasteiger partial charge in [-0.15, -0.1) is 0 Å². The van der Waals surface area contributed by atoms with Gasteiger partial charge in [0.1, 0.15) is 19.3 Å². The van der Waals surface area contributed by atoms with E-state index in [1.165, 1.54) is 212 Å². The molecule has 0 saturated heterocycles. The van der Waals surface area contributed by atoms with Crippen LogP contribution in [0.25, 0.3) is 0 Å². The topological polar surface area (TPSA) is 237 Å². The van der Waals surface area contributed by atoms with Crippen molar-refractivity contribution in [2.45, 2.75) is 420 Å². The number of carbonyl (C=O) groups is 4. The molecule has 3 N–H and O–H groups in total. The van der Waals surface area contributed by atoms with Crippen LogP contribution in [-0.2, 0) is 65.4 Å². The highest BCUT2D eigenvalue weighted by Gasteiger charge is 2.30. The molecular weight excluding hydrogens is 1270 g/mol. The van der Waals surface area contributed by atoms with Crippen LogP contribution < -0.4 is 0 Å². The first-order valence-electron chi connectivity index (χ1n) is 40.4. The lowest BCUT2D eigenvalue weighted by Crippen LogP contribution is -2.30. The van der Waals surface area contributed by atoms with Crippen molar-refractivity contribution in [3.05, 3.63) is 0 Å². The summed E-state index contributed by atoms with van der Waals surface area (Å²) in [5.41, 5.74) is 0. The zero-order valence-corrected chi connectivity index (χ0v) is 65.3. The molecule has 0 bridgehead atoms. The second kappa shape index (κ2) is 68.5. The van der Waals surface area contributed by atoms with E-state index in [0.717, 1.165) is 108 Å². The summed E-state index contributed by atoms with van der Waals surface area (Å²) >= 11 is 0. The molecule has 576 valence electrons. The Hall–Kier alpha value is -1.94. The Labute approximate surface area is 594 Å². The number of hydrogen-bond acceptors (Lipinski definition) is 15. The predicted octanol–water partition coefficient (Wildman–Crippen LogP) is 23.0. The average Bonchev–Trinajstić information content (AvgIpc) is 1.10. The average molecular weight is 1420 g/mol. The number of aliphatic hydroxyl groups excluding tert-OH is 1. The lowest BCUT2D eigenvalue weighted by atomic mass is 9.99. The molecule has 0 aliphatic carbocycles. The molecule has 0 aromatic heterocycles. The molecule has 0 aliphatic rings. The summed E-state index contributed by atoms with van der Waals surface area (Å²) < 4.78 is 68.6. The Balaban J connectivity index is 5.26. The molecule has 0 aliphatic heterocycles. The minimum absolute atomic E-state index is 0.105. The van der Waals surface area contributed by atoms with Crippen molar-refractivity contribution in [3.8, 4) is 0 Å². The molecule has 7 atom stereocenters. The number of phosphoric ester groups is 2. The van der Waals surface area contributed by atoms with Gasteiger partial charge in [-0.1, -0.05) is 350 Å². The van der Waals surface area contributed by atoms with Gasteiger partial charge in [-0.25, -0.2) is 9.13 Å². The molecular formula is C78H152O17P2. The van der Waals surface area contributed by atoms with Gasteiger partial charge in [0.2, 0.25) is 0 Å². The van der Waals surface area contributed by atoms with Crippen molar-refractivity contribution >= 4 is 39.5 Å². The van der Waals surface area contributed by atoms with Crippen LogP contribution in [0.2, 0.25) is 0 Å². The van der Waals surface area contributed by atoms with Gasteiger partial charge < -0.3 is 33.8 Å². The van der Waals surface area contributed by atoms with Crippen LogP contribution in [0.15, 0.2) is 0 Å². The fraction of sp³-hybridized carbons (Fsp3) is 0.949. The van der Waals surface area contributed by atoms with Gasteiger partial charge in [0.15, 0.2) is 12.2 Å². The lowest BCUT2D eigenvalue weighted by Gasteiger charge is -2.21. The maximum atomic E-state index is 13.1. The van der Waals surface area contributed by atoms with Gasteiger partial charge in [-0.3, -0.25) is 37.3 Å². The monoisotopic (exact) mass is 1420 g/mol. The third kappa shape index (κ3) is 69.5. The number of unbranched alkanes of at least 4 members (excludes halogenated alkanes) is 42. The molecule has 0 spiro atoms. The maximum Gasteiger partial charge on any atom is 0.472 e. The van der Waals surface area contributed by atoms with E-state index in [4.69, 9.17) is 37.0 Å². The first-order chi connectivity index (χ1) is 46.8.